The molecule has 0 spiro atoms. The van der Waals surface area contributed by atoms with Gasteiger partial charge in [-0.05, 0) is 24.6 Å². The Morgan fingerprint density at radius 2 is 2.33 bits per heavy atom. The molecule has 0 saturated heterocycles. The van der Waals surface area contributed by atoms with Crippen LogP contribution in [0.25, 0.3) is 0 Å². The Morgan fingerprint density at radius 1 is 1.67 bits per heavy atom. The zero-order valence-corrected chi connectivity index (χ0v) is 12.0. The van der Waals surface area contributed by atoms with Gasteiger partial charge in [-0.15, -0.1) is 0 Å². The Bertz CT molecular complexity index is 479. The largest absolute Gasteiger partial charge is 0.409 e. The number of anilines is 1. The molecule has 98 valence electrons. The van der Waals surface area contributed by atoms with Crippen LogP contribution >= 0.6 is 27.5 Å². The molecule has 0 aliphatic carbocycles. The molecule has 0 bridgehead atoms. The molecule has 1 unspecified atom stereocenters. The fraction of sp³-hybridized carbons (Fsp3) is 0.273. The van der Waals surface area contributed by atoms with Crippen molar-refractivity contribution in [1.29, 1.82) is 0 Å². The number of hydrogen-bond donors (Lipinski definition) is 3. The number of amides is 1. The van der Waals surface area contributed by atoms with Crippen molar-refractivity contribution in [3.05, 3.63) is 27.7 Å². The number of carbonyl (C=O) groups excluding carboxylic acids is 1. The van der Waals surface area contributed by atoms with Crippen molar-refractivity contribution < 1.29 is 10.0 Å². The van der Waals surface area contributed by atoms with E-state index in [1.807, 2.05) is 0 Å². The molecule has 1 atom stereocenters. The fourth-order valence-corrected chi connectivity index (χ4v) is 2.13. The number of nitrogens with two attached hydrogens (primary N) is 1. The highest BCUT2D eigenvalue weighted by atomic mass is 79.9. The summed E-state index contributed by atoms with van der Waals surface area (Å²) in [7, 11) is 0. The number of oxime groups is 1. The number of nitrogens with one attached hydrogen (secondary N) is 1. The molecular formula is C11H13BrClN3O2. The van der Waals surface area contributed by atoms with Crippen molar-refractivity contribution in [3.8, 4) is 0 Å². The minimum absolute atomic E-state index is 0.122. The number of benzene rings is 1. The van der Waals surface area contributed by atoms with Crippen molar-refractivity contribution in [2.24, 2.45) is 16.8 Å². The highest BCUT2D eigenvalue weighted by Crippen LogP contribution is 2.26. The van der Waals surface area contributed by atoms with E-state index in [-0.39, 0.29) is 11.7 Å². The minimum Gasteiger partial charge on any atom is -0.409 e. The van der Waals surface area contributed by atoms with Crippen LogP contribution in [0.5, 0.6) is 0 Å². The van der Waals surface area contributed by atoms with Crippen LogP contribution in [0.4, 0.5) is 5.69 Å². The van der Waals surface area contributed by atoms with Gasteiger partial charge < -0.3 is 16.3 Å². The van der Waals surface area contributed by atoms with E-state index in [9.17, 15) is 4.79 Å². The van der Waals surface area contributed by atoms with E-state index >= 15 is 0 Å². The lowest BCUT2D eigenvalue weighted by Crippen LogP contribution is -2.34. The number of halogens is 2. The number of carbonyl (C=O) groups is 1. The van der Waals surface area contributed by atoms with Crippen molar-refractivity contribution in [1.82, 2.24) is 0 Å². The van der Waals surface area contributed by atoms with E-state index in [0.717, 1.165) is 4.47 Å². The van der Waals surface area contributed by atoms with Gasteiger partial charge in [-0.25, -0.2) is 0 Å². The third-order valence-electron chi connectivity index (χ3n) is 2.39. The molecule has 18 heavy (non-hydrogen) atoms. The van der Waals surface area contributed by atoms with Crippen molar-refractivity contribution in [2.45, 2.75) is 13.3 Å². The highest BCUT2D eigenvalue weighted by Gasteiger charge is 2.21. The van der Waals surface area contributed by atoms with Crippen molar-refractivity contribution in [3.63, 3.8) is 0 Å². The SMILES string of the molecule is CCC(C(=O)Nc1ccc(Br)cc1Cl)/C(N)=N/O. The zero-order valence-electron chi connectivity index (χ0n) is 9.65. The van der Waals surface area contributed by atoms with Crippen molar-refractivity contribution >= 4 is 45.0 Å². The summed E-state index contributed by atoms with van der Waals surface area (Å²) in [5.74, 6) is -1.17. The first-order valence-electron chi connectivity index (χ1n) is 5.23. The summed E-state index contributed by atoms with van der Waals surface area (Å²) in [4.78, 5) is 11.9. The first kappa shape index (κ1) is 14.8. The van der Waals surface area contributed by atoms with Gasteiger partial charge in [-0.3, -0.25) is 4.79 Å². The topological polar surface area (TPSA) is 87.7 Å². The van der Waals surface area contributed by atoms with Crippen LogP contribution in [0, 0.1) is 5.92 Å². The Hall–Kier alpha value is -1.27. The highest BCUT2D eigenvalue weighted by molar-refractivity contribution is 9.10. The Balaban J connectivity index is 2.86. The number of amidine groups is 1. The van der Waals surface area contributed by atoms with Gasteiger partial charge in [-0.1, -0.05) is 39.6 Å². The smallest absolute Gasteiger partial charge is 0.235 e. The molecule has 1 aromatic rings. The first-order valence-corrected chi connectivity index (χ1v) is 6.40. The summed E-state index contributed by atoms with van der Waals surface area (Å²) in [5, 5.41) is 14.5. The van der Waals surface area contributed by atoms with Gasteiger partial charge in [0.1, 0.15) is 0 Å². The van der Waals surface area contributed by atoms with Crippen LogP contribution < -0.4 is 11.1 Å². The summed E-state index contributed by atoms with van der Waals surface area (Å²) in [6, 6.07) is 5.09. The van der Waals surface area contributed by atoms with Gasteiger partial charge in [0.05, 0.1) is 16.6 Å². The molecule has 4 N–H and O–H groups in total. The summed E-state index contributed by atoms with van der Waals surface area (Å²) < 4.78 is 0.814. The number of hydrogen-bond acceptors (Lipinski definition) is 3. The second-order valence-corrected chi connectivity index (χ2v) is 4.92. The van der Waals surface area contributed by atoms with E-state index in [1.165, 1.54) is 0 Å². The van der Waals surface area contributed by atoms with Crippen LogP contribution in [0.3, 0.4) is 0 Å². The van der Waals surface area contributed by atoms with Gasteiger partial charge in [0.2, 0.25) is 5.91 Å². The molecule has 0 aliphatic heterocycles. The molecule has 0 aromatic heterocycles. The average Bonchev–Trinajstić information content (AvgIpc) is 2.33. The Labute approximate surface area is 118 Å². The second kappa shape index (κ2) is 6.61. The average molecular weight is 335 g/mol. The molecule has 1 amide bonds. The molecule has 1 rings (SSSR count). The second-order valence-electron chi connectivity index (χ2n) is 3.60. The third kappa shape index (κ3) is 3.61. The molecular weight excluding hydrogens is 321 g/mol. The zero-order chi connectivity index (χ0) is 13.7. The summed E-state index contributed by atoms with van der Waals surface area (Å²) in [6.07, 6.45) is 0.426. The van der Waals surface area contributed by atoms with Gasteiger partial charge in [-0.2, -0.15) is 0 Å². The van der Waals surface area contributed by atoms with Crippen LogP contribution in [0.1, 0.15) is 13.3 Å². The quantitative estimate of drug-likeness (QED) is 0.342. The molecule has 0 aliphatic rings. The standard InChI is InChI=1S/C11H13BrClN3O2/c1-2-7(10(14)16-18)11(17)15-9-4-3-6(12)5-8(9)13/h3-5,7,18H,2H2,1H3,(H2,14,16)(H,15,17). The molecule has 0 radical (unpaired) electrons. The third-order valence-corrected chi connectivity index (χ3v) is 3.19. The monoisotopic (exact) mass is 333 g/mol. The lowest BCUT2D eigenvalue weighted by atomic mass is 10.0. The van der Waals surface area contributed by atoms with E-state index < -0.39 is 5.92 Å². The van der Waals surface area contributed by atoms with Gasteiger partial charge in [0, 0.05) is 4.47 Å². The van der Waals surface area contributed by atoms with Gasteiger partial charge >= 0.3 is 0 Å². The summed E-state index contributed by atoms with van der Waals surface area (Å²) in [5.41, 5.74) is 5.92. The lowest BCUT2D eigenvalue weighted by Gasteiger charge is -2.14. The number of nitrogens with zero attached hydrogens (tertiary/aromatic N) is 1. The molecule has 1 aromatic carbocycles. The van der Waals surface area contributed by atoms with E-state index in [0.29, 0.717) is 17.1 Å². The predicted octanol–water partition coefficient (Wildman–Crippen LogP) is 2.81. The maximum atomic E-state index is 11.9. The Kier molecular flexibility index (Phi) is 5.43. The minimum atomic E-state index is -0.685. The number of rotatable bonds is 4. The van der Waals surface area contributed by atoms with E-state index in [4.69, 9.17) is 22.5 Å². The van der Waals surface area contributed by atoms with Crippen LogP contribution in [-0.2, 0) is 4.79 Å². The Morgan fingerprint density at radius 3 is 2.83 bits per heavy atom. The maximum Gasteiger partial charge on any atom is 0.235 e. The molecule has 0 saturated carbocycles. The van der Waals surface area contributed by atoms with E-state index in [2.05, 4.69) is 26.4 Å². The summed E-state index contributed by atoms with van der Waals surface area (Å²) in [6.45, 7) is 1.77. The van der Waals surface area contributed by atoms with Crippen LogP contribution in [0.2, 0.25) is 5.02 Å². The van der Waals surface area contributed by atoms with Crippen molar-refractivity contribution in [2.75, 3.05) is 5.32 Å². The fourth-order valence-electron chi connectivity index (χ4n) is 1.41. The maximum absolute atomic E-state index is 11.9. The normalized spacial score (nSPS) is 13.2. The van der Waals surface area contributed by atoms with Crippen LogP contribution in [0.15, 0.2) is 27.8 Å². The molecule has 5 nitrogen and oxygen atoms in total. The van der Waals surface area contributed by atoms with Crippen LogP contribution in [-0.4, -0.2) is 17.0 Å². The molecule has 0 fully saturated rings. The van der Waals surface area contributed by atoms with Gasteiger partial charge in [0.15, 0.2) is 5.84 Å². The first-order chi connectivity index (χ1) is 8.49. The lowest BCUT2D eigenvalue weighted by molar-refractivity contribution is -0.118. The molecule has 7 heteroatoms. The molecule has 0 heterocycles. The van der Waals surface area contributed by atoms with Gasteiger partial charge in [0.25, 0.3) is 0 Å². The summed E-state index contributed by atoms with van der Waals surface area (Å²) >= 11 is 9.25. The van der Waals surface area contributed by atoms with E-state index in [1.54, 1.807) is 25.1 Å². The predicted molar refractivity (Wildman–Crippen MR) is 75.0 cm³/mol.